The van der Waals surface area contributed by atoms with E-state index in [2.05, 4.69) is 94.6 Å². The minimum Gasteiger partial charge on any atom is -0.366 e. The summed E-state index contributed by atoms with van der Waals surface area (Å²) in [6, 6.07) is 21.9. The third kappa shape index (κ3) is 7.71. The molecule has 0 atom stereocenters. The Morgan fingerprint density at radius 1 is 0.721 bits per heavy atom. The van der Waals surface area contributed by atoms with Crippen LogP contribution in [-0.2, 0) is 13.1 Å². The molecule has 0 radical (unpaired) electrons. The predicted molar refractivity (Wildman–Crippen MR) is 169 cm³/mol. The molecule has 0 amide bonds. The molecule has 2 aliphatic heterocycles. The zero-order valence-corrected chi connectivity index (χ0v) is 24.4. The summed E-state index contributed by atoms with van der Waals surface area (Å²) in [6.07, 6.45) is 12.7. The number of piperidine rings is 2. The average Bonchev–Trinajstić information content (AvgIpc) is 3.40. The molecule has 0 unspecified atom stereocenters. The first-order valence-electron chi connectivity index (χ1n) is 15.2. The highest BCUT2D eigenvalue weighted by Gasteiger charge is 2.24. The number of hydrogen-bond donors (Lipinski definition) is 2. The zero-order valence-electron chi connectivity index (χ0n) is 24.4. The summed E-state index contributed by atoms with van der Waals surface area (Å²) in [4.78, 5) is 36.8. The number of fused-ring (bicyclic) bond motifs is 1. The van der Waals surface area contributed by atoms with Crippen molar-refractivity contribution in [3.05, 3.63) is 113 Å². The lowest BCUT2D eigenvalue weighted by Gasteiger charge is -2.32. The van der Waals surface area contributed by atoms with E-state index < -0.39 is 0 Å². The maximum Gasteiger partial charge on any atom is 0.329 e. The molecule has 10 nitrogen and oxygen atoms in total. The predicted octanol–water partition coefficient (Wildman–Crippen LogP) is 4.51. The van der Waals surface area contributed by atoms with Gasteiger partial charge in [0, 0.05) is 76.1 Å². The van der Waals surface area contributed by atoms with Crippen LogP contribution in [0.5, 0.6) is 0 Å². The minimum absolute atomic E-state index is 0.104. The van der Waals surface area contributed by atoms with Gasteiger partial charge in [0.15, 0.2) is 11.3 Å². The third-order valence-corrected chi connectivity index (χ3v) is 8.27. The summed E-state index contributed by atoms with van der Waals surface area (Å²) in [5.41, 5.74) is 3.87. The van der Waals surface area contributed by atoms with Gasteiger partial charge in [-0.15, -0.1) is 0 Å². The van der Waals surface area contributed by atoms with Crippen LogP contribution in [-0.4, -0.2) is 71.5 Å². The van der Waals surface area contributed by atoms with E-state index >= 15 is 0 Å². The van der Waals surface area contributed by atoms with E-state index in [-0.39, 0.29) is 11.7 Å². The van der Waals surface area contributed by atoms with E-state index in [1.54, 1.807) is 35.6 Å². The first-order valence-corrected chi connectivity index (χ1v) is 15.2. The van der Waals surface area contributed by atoms with Crippen molar-refractivity contribution < 1.29 is 0 Å². The fraction of sp³-hybridized carbons (Fsp3) is 0.364. The molecule has 0 spiro atoms. The van der Waals surface area contributed by atoms with Gasteiger partial charge >= 0.3 is 5.69 Å². The maximum absolute atomic E-state index is 12.2. The summed E-state index contributed by atoms with van der Waals surface area (Å²) >= 11 is 0. The molecule has 0 bridgehead atoms. The number of rotatable bonds is 7. The summed E-state index contributed by atoms with van der Waals surface area (Å²) in [6.45, 7) is 6.26. The van der Waals surface area contributed by atoms with Gasteiger partial charge in [0.25, 0.3) is 0 Å². The monoisotopic (exact) mass is 577 g/mol. The van der Waals surface area contributed by atoms with Gasteiger partial charge in [0.2, 0.25) is 0 Å². The van der Waals surface area contributed by atoms with Crippen molar-refractivity contribution in [3.8, 4) is 0 Å². The number of imidazole rings is 1. The Labute approximate surface area is 251 Å². The van der Waals surface area contributed by atoms with Crippen LogP contribution in [0.4, 0.5) is 5.82 Å². The van der Waals surface area contributed by atoms with E-state index in [4.69, 9.17) is 0 Å². The van der Waals surface area contributed by atoms with Gasteiger partial charge in [-0.05, 0) is 36.8 Å². The second kappa shape index (κ2) is 14.2. The molecule has 0 saturated carbocycles. The fourth-order valence-electron chi connectivity index (χ4n) is 6.03. The lowest BCUT2D eigenvalue weighted by atomic mass is 10.0. The largest absolute Gasteiger partial charge is 0.366 e. The normalized spacial score (nSPS) is 16.9. The number of anilines is 1. The summed E-state index contributed by atoms with van der Waals surface area (Å²) < 4.78 is 1.78. The van der Waals surface area contributed by atoms with Gasteiger partial charge in [-0.25, -0.2) is 19.7 Å². The van der Waals surface area contributed by atoms with E-state index in [0.717, 1.165) is 70.8 Å². The van der Waals surface area contributed by atoms with E-state index in [1.165, 1.54) is 11.1 Å². The van der Waals surface area contributed by atoms with Crippen LogP contribution >= 0.6 is 0 Å². The van der Waals surface area contributed by atoms with Crippen LogP contribution in [0.15, 0.2) is 96.4 Å². The topological polar surface area (TPSA) is 108 Å². The maximum atomic E-state index is 12.2. The van der Waals surface area contributed by atoms with Crippen molar-refractivity contribution in [2.24, 2.45) is 0 Å². The van der Waals surface area contributed by atoms with Crippen molar-refractivity contribution in [2.45, 2.75) is 50.9 Å². The molecule has 43 heavy (non-hydrogen) atoms. The van der Waals surface area contributed by atoms with Crippen molar-refractivity contribution in [1.29, 1.82) is 0 Å². The quantitative estimate of drug-likeness (QED) is 0.291. The lowest BCUT2D eigenvalue weighted by molar-refractivity contribution is 0.179. The molecule has 0 aliphatic carbocycles. The second-order valence-electron chi connectivity index (χ2n) is 11.3. The smallest absolute Gasteiger partial charge is 0.329 e. The molecular formula is C33H39N9O. The number of benzene rings is 2. The van der Waals surface area contributed by atoms with E-state index in [9.17, 15) is 4.79 Å². The van der Waals surface area contributed by atoms with Crippen LogP contribution in [0, 0.1) is 0 Å². The molecule has 5 heterocycles. The first kappa shape index (κ1) is 28.7. The molecule has 10 heteroatoms. The van der Waals surface area contributed by atoms with Crippen molar-refractivity contribution >= 4 is 17.1 Å². The third-order valence-electron chi connectivity index (χ3n) is 8.27. The Kier molecular flexibility index (Phi) is 9.46. The summed E-state index contributed by atoms with van der Waals surface area (Å²) in [5, 5.41) is 3.46. The Morgan fingerprint density at radius 3 is 1.91 bits per heavy atom. The number of likely N-dealkylation sites (tertiary alicyclic amines) is 2. The second-order valence-corrected chi connectivity index (χ2v) is 11.3. The van der Waals surface area contributed by atoms with Gasteiger partial charge in [-0.1, -0.05) is 60.7 Å². The Hall–Kier alpha value is -4.41. The number of aromatic amines is 1. The summed E-state index contributed by atoms with van der Waals surface area (Å²) in [5.74, 6) is 0.883. The van der Waals surface area contributed by atoms with E-state index in [1.807, 2.05) is 6.07 Å². The van der Waals surface area contributed by atoms with Gasteiger partial charge < -0.3 is 5.32 Å². The molecule has 222 valence electrons. The SMILES string of the molecule is O=c1[nH]c2nccnc2n1C1CCN(Cc2ccccc2)CC1.c1ccc(CN2CCC(Nc3cnccn3)CC2)cc1. The van der Waals surface area contributed by atoms with Crippen molar-refractivity contribution in [3.63, 3.8) is 0 Å². The van der Waals surface area contributed by atoms with Crippen LogP contribution in [0.3, 0.4) is 0 Å². The van der Waals surface area contributed by atoms with Gasteiger partial charge in [0.1, 0.15) is 5.82 Å². The molecule has 2 aromatic carbocycles. The molecule has 7 rings (SSSR count). The highest BCUT2D eigenvalue weighted by molar-refractivity contribution is 5.64. The van der Waals surface area contributed by atoms with Crippen molar-refractivity contribution in [2.75, 3.05) is 31.5 Å². The minimum atomic E-state index is -0.104. The van der Waals surface area contributed by atoms with Gasteiger partial charge in [0.05, 0.1) is 6.20 Å². The number of nitrogens with one attached hydrogen (secondary N) is 2. The average molecular weight is 578 g/mol. The highest BCUT2D eigenvalue weighted by atomic mass is 16.1. The molecule has 2 saturated heterocycles. The highest BCUT2D eigenvalue weighted by Crippen LogP contribution is 2.24. The van der Waals surface area contributed by atoms with Crippen LogP contribution < -0.4 is 11.0 Å². The van der Waals surface area contributed by atoms with Crippen LogP contribution in [0.2, 0.25) is 0 Å². The van der Waals surface area contributed by atoms with E-state index in [0.29, 0.717) is 17.3 Å². The van der Waals surface area contributed by atoms with Crippen LogP contribution in [0.25, 0.3) is 11.3 Å². The van der Waals surface area contributed by atoms with Crippen LogP contribution in [0.1, 0.15) is 42.9 Å². The Bertz CT molecular complexity index is 1540. The molecule has 2 aliphatic rings. The number of nitrogens with zero attached hydrogens (tertiary/aromatic N) is 7. The van der Waals surface area contributed by atoms with Gasteiger partial charge in [-0.3, -0.25) is 24.3 Å². The number of aromatic nitrogens is 6. The number of H-pyrrole nitrogens is 1. The number of hydrogen-bond acceptors (Lipinski definition) is 8. The summed E-state index contributed by atoms with van der Waals surface area (Å²) in [7, 11) is 0. The first-order chi connectivity index (χ1) is 21.2. The molecule has 3 aromatic heterocycles. The molecular weight excluding hydrogens is 538 g/mol. The fourth-order valence-corrected chi connectivity index (χ4v) is 6.03. The lowest BCUT2D eigenvalue weighted by Crippen LogP contribution is -2.38. The molecule has 2 N–H and O–H groups in total. The van der Waals surface area contributed by atoms with Crippen molar-refractivity contribution in [1.82, 2.24) is 39.3 Å². The molecule has 2 fully saturated rings. The van der Waals surface area contributed by atoms with Gasteiger partial charge in [-0.2, -0.15) is 0 Å². The molecule has 5 aromatic rings. The zero-order chi connectivity index (χ0) is 29.3. The Morgan fingerprint density at radius 2 is 1.30 bits per heavy atom. The Balaban J connectivity index is 0.000000155. The standard InChI is InChI=1S/C17H19N5O.C16H20N4/c23-17-20-15-16(19-9-8-18-15)22(17)14-6-10-21(11-7-14)12-13-4-2-1-3-5-13;1-2-4-14(5-3-1)13-20-10-6-15(7-11-20)19-16-12-17-8-9-18-16/h1-5,8-9,14H,6-7,10-12H2,(H,18,20,23);1-5,8-9,12,15H,6-7,10-11,13H2,(H,18,19).